The molecule has 21 heavy (non-hydrogen) atoms. The molecule has 4 heteroatoms. The Morgan fingerprint density at radius 2 is 1.81 bits per heavy atom. The molecule has 0 radical (unpaired) electrons. The number of hydrogen-bond donors (Lipinski definition) is 1. The molecule has 1 fully saturated rings. The summed E-state index contributed by atoms with van der Waals surface area (Å²) in [5.41, 5.74) is 0.667. The van der Waals surface area contributed by atoms with E-state index in [-0.39, 0.29) is 5.91 Å². The van der Waals surface area contributed by atoms with Crippen LogP contribution in [-0.4, -0.2) is 36.5 Å². The van der Waals surface area contributed by atoms with E-state index in [9.17, 15) is 4.79 Å². The van der Waals surface area contributed by atoms with Gasteiger partial charge in [-0.3, -0.25) is 9.69 Å². The van der Waals surface area contributed by atoms with Crippen molar-refractivity contribution in [3.63, 3.8) is 0 Å². The van der Waals surface area contributed by atoms with E-state index in [1.807, 2.05) is 0 Å². The molecule has 1 amide bonds. The molecule has 2 rings (SSSR count). The summed E-state index contributed by atoms with van der Waals surface area (Å²) in [4.78, 5) is 14.7. The van der Waals surface area contributed by atoms with Crippen LogP contribution in [0, 0.1) is 5.92 Å². The first kappa shape index (κ1) is 16.3. The van der Waals surface area contributed by atoms with Crippen molar-refractivity contribution in [2.75, 3.05) is 19.6 Å². The Bertz CT molecular complexity index is 452. The predicted octanol–water partition coefficient (Wildman–Crippen LogP) is 3.58. The maximum Gasteiger partial charge on any atom is 0.251 e. The van der Waals surface area contributed by atoms with Crippen LogP contribution in [0.1, 0.15) is 43.5 Å². The molecule has 1 aliphatic heterocycles. The topological polar surface area (TPSA) is 32.3 Å². The van der Waals surface area contributed by atoms with Crippen LogP contribution >= 0.6 is 11.6 Å². The van der Waals surface area contributed by atoms with Gasteiger partial charge in [0.15, 0.2) is 0 Å². The van der Waals surface area contributed by atoms with Crippen molar-refractivity contribution in [2.45, 2.75) is 39.2 Å². The van der Waals surface area contributed by atoms with Gasteiger partial charge < -0.3 is 5.32 Å². The van der Waals surface area contributed by atoms with Crippen molar-refractivity contribution in [1.82, 2.24) is 10.2 Å². The molecule has 1 aliphatic rings. The van der Waals surface area contributed by atoms with Crippen molar-refractivity contribution in [3.05, 3.63) is 34.9 Å². The van der Waals surface area contributed by atoms with E-state index in [4.69, 9.17) is 11.6 Å². The maximum absolute atomic E-state index is 12.2. The van der Waals surface area contributed by atoms with Crippen LogP contribution in [0.25, 0.3) is 0 Å². The smallest absolute Gasteiger partial charge is 0.251 e. The van der Waals surface area contributed by atoms with Crippen LogP contribution < -0.4 is 5.32 Å². The van der Waals surface area contributed by atoms with Crippen LogP contribution in [-0.2, 0) is 0 Å². The van der Waals surface area contributed by atoms with Gasteiger partial charge >= 0.3 is 0 Å². The molecular weight excluding hydrogens is 284 g/mol. The minimum atomic E-state index is -0.0191. The molecule has 1 saturated heterocycles. The van der Waals surface area contributed by atoms with E-state index < -0.39 is 0 Å². The molecule has 1 aromatic rings. The molecule has 3 nitrogen and oxygen atoms in total. The average molecular weight is 309 g/mol. The van der Waals surface area contributed by atoms with Crippen molar-refractivity contribution in [3.8, 4) is 0 Å². The number of hydrogen-bond acceptors (Lipinski definition) is 2. The van der Waals surface area contributed by atoms with E-state index in [0.29, 0.717) is 29.1 Å². The molecule has 116 valence electrons. The van der Waals surface area contributed by atoms with Crippen LogP contribution in [0.4, 0.5) is 0 Å². The van der Waals surface area contributed by atoms with Gasteiger partial charge in [-0.15, -0.1) is 0 Å². The van der Waals surface area contributed by atoms with Gasteiger partial charge in [-0.25, -0.2) is 0 Å². The monoisotopic (exact) mass is 308 g/mol. The second kappa shape index (κ2) is 7.81. The van der Waals surface area contributed by atoms with E-state index >= 15 is 0 Å². The molecule has 1 atom stereocenters. The van der Waals surface area contributed by atoms with Gasteiger partial charge in [0.1, 0.15) is 0 Å². The minimum Gasteiger partial charge on any atom is -0.350 e. The first-order valence-corrected chi connectivity index (χ1v) is 8.23. The highest BCUT2D eigenvalue weighted by atomic mass is 35.5. The van der Waals surface area contributed by atoms with Crippen molar-refractivity contribution in [2.24, 2.45) is 5.92 Å². The van der Waals surface area contributed by atoms with Gasteiger partial charge in [0.05, 0.1) is 0 Å². The normalized spacial score (nSPS) is 17.7. The molecule has 0 aromatic heterocycles. The lowest BCUT2D eigenvalue weighted by Gasteiger charge is -2.37. The number of amides is 1. The fourth-order valence-corrected chi connectivity index (χ4v) is 3.06. The fraction of sp³-hybridized carbons (Fsp3) is 0.588. The number of carbonyl (C=O) groups excluding carboxylic acids is 1. The molecule has 1 heterocycles. The third-order valence-corrected chi connectivity index (χ3v) is 4.46. The highest BCUT2D eigenvalue weighted by molar-refractivity contribution is 6.30. The van der Waals surface area contributed by atoms with E-state index in [0.717, 1.165) is 13.1 Å². The fourth-order valence-electron chi connectivity index (χ4n) is 2.94. The van der Waals surface area contributed by atoms with Crippen LogP contribution in [0.15, 0.2) is 24.3 Å². The Hall–Kier alpha value is -1.06. The summed E-state index contributed by atoms with van der Waals surface area (Å²) in [7, 11) is 0. The molecule has 0 aliphatic carbocycles. The Morgan fingerprint density at radius 3 is 2.38 bits per heavy atom. The van der Waals surface area contributed by atoms with Gasteiger partial charge in [-0.2, -0.15) is 0 Å². The Morgan fingerprint density at radius 1 is 1.19 bits per heavy atom. The van der Waals surface area contributed by atoms with Gasteiger partial charge in [-0.1, -0.05) is 31.9 Å². The second-order valence-corrected chi connectivity index (χ2v) is 6.56. The number of benzene rings is 1. The molecule has 0 bridgehead atoms. The summed E-state index contributed by atoms with van der Waals surface area (Å²) in [6.45, 7) is 7.47. The zero-order valence-corrected chi connectivity index (χ0v) is 13.7. The van der Waals surface area contributed by atoms with Gasteiger partial charge in [0.2, 0.25) is 0 Å². The average Bonchev–Trinajstić information content (AvgIpc) is 2.48. The van der Waals surface area contributed by atoms with Crippen LogP contribution in [0.5, 0.6) is 0 Å². The molecule has 0 spiro atoms. The van der Waals surface area contributed by atoms with Gasteiger partial charge in [0, 0.05) is 23.2 Å². The molecule has 1 N–H and O–H groups in total. The third kappa shape index (κ3) is 4.72. The van der Waals surface area contributed by atoms with E-state index in [2.05, 4.69) is 24.1 Å². The van der Waals surface area contributed by atoms with Gasteiger partial charge in [0.25, 0.3) is 5.91 Å². The zero-order chi connectivity index (χ0) is 15.2. The second-order valence-electron chi connectivity index (χ2n) is 6.12. The number of piperidine rings is 1. The standard InChI is InChI=1S/C17H25ClN2O/c1-13(2)16(20-10-4-3-5-11-20)12-19-17(21)14-6-8-15(18)9-7-14/h6-9,13,16H,3-5,10-12H2,1-2H3,(H,19,21). The summed E-state index contributed by atoms with van der Waals surface area (Å²) in [6, 6.07) is 7.45. The molecule has 0 saturated carbocycles. The number of rotatable bonds is 5. The SMILES string of the molecule is CC(C)C(CNC(=O)c1ccc(Cl)cc1)N1CCCCC1. The lowest BCUT2D eigenvalue weighted by atomic mass is 9.99. The number of halogens is 1. The Kier molecular flexibility index (Phi) is 6.07. The maximum atomic E-state index is 12.2. The molecular formula is C17H25ClN2O. The number of nitrogens with zero attached hydrogens (tertiary/aromatic N) is 1. The third-order valence-electron chi connectivity index (χ3n) is 4.21. The first-order chi connectivity index (χ1) is 10.1. The van der Waals surface area contributed by atoms with Crippen molar-refractivity contribution >= 4 is 17.5 Å². The first-order valence-electron chi connectivity index (χ1n) is 7.85. The Balaban J connectivity index is 1.91. The summed E-state index contributed by atoms with van der Waals surface area (Å²) in [5.74, 6) is 0.517. The quantitative estimate of drug-likeness (QED) is 0.901. The lowest BCUT2D eigenvalue weighted by Crippen LogP contribution is -2.48. The molecule has 1 aromatic carbocycles. The minimum absolute atomic E-state index is 0.0191. The summed E-state index contributed by atoms with van der Waals surface area (Å²) < 4.78 is 0. The van der Waals surface area contributed by atoms with Crippen LogP contribution in [0.3, 0.4) is 0 Å². The van der Waals surface area contributed by atoms with Crippen molar-refractivity contribution in [1.29, 1.82) is 0 Å². The summed E-state index contributed by atoms with van der Waals surface area (Å²) >= 11 is 5.85. The molecule has 1 unspecified atom stereocenters. The highest BCUT2D eigenvalue weighted by Crippen LogP contribution is 2.17. The van der Waals surface area contributed by atoms with E-state index in [1.165, 1.54) is 19.3 Å². The Labute approximate surface area is 132 Å². The zero-order valence-electron chi connectivity index (χ0n) is 12.9. The largest absolute Gasteiger partial charge is 0.350 e. The number of likely N-dealkylation sites (tertiary alicyclic amines) is 1. The van der Waals surface area contributed by atoms with E-state index in [1.54, 1.807) is 24.3 Å². The number of nitrogens with one attached hydrogen (secondary N) is 1. The summed E-state index contributed by atoms with van der Waals surface area (Å²) in [6.07, 6.45) is 3.88. The van der Waals surface area contributed by atoms with Crippen molar-refractivity contribution < 1.29 is 4.79 Å². The predicted molar refractivity (Wildman–Crippen MR) is 87.8 cm³/mol. The summed E-state index contributed by atoms with van der Waals surface area (Å²) in [5, 5.41) is 3.73. The number of carbonyl (C=O) groups is 1. The van der Waals surface area contributed by atoms with Gasteiger partial charge in [-0.05, 0) is 56.1 Å². The van der Waals surface area contributed by atoms with Crippen LogP contribution in [0.2, 0.25) is 5.02 Å². The lowest BCUT2D eigenvalue weighted by molar-refractivity contribution is 0.0895. The highest BCUT2D eigenvalue weighted by Gasteiger charge is 2.23.